The molecular formula is C36H30O4S2. The van der Waals surface area contributed by atoms with E-state index in [9.17, 15) is 18.0 Å². The van der Waals surface area contributed by atoms with Crippen LogP contribution in [0.1, 0.15) is 39.6 Å². The normalized spacial score (nSPS) is 12.8. The maximum absolute atomic E-state index is 14.1. The molecule has 1 atom stereocenters. The van der Waals surface area contributed by atoms with Gasteiger partial charge in [-0.1, -0.05) is 114 Å². The van der Waals surface area contributed by atoms with Gasteiger partial charge in [-0.05, 0) is 61.4 Å². The van der Waals surface area contributed by atoms with Crippen molar-refractivity contribution in [3.05, 3.63) is 150 Å². The first-order valence-corrected chi connectivity index (χ1v) is 15.9. The van der Waals surface area contributed by atoms with Crippen LogP contribution < -0.4 is 0 Å². The number of carbonyl (C=O) groups excluding carboxylic acids is 2. The Morgan fingerprint density at radius 2 is 1.12 bits per heavy atom. The summed E-state index contributed by atoms with van der Waals surface area (Å²) in [5.74, 6) is -1.04. The van der Waals surface area contributed by atoms with E-state index in [1.807, 2.05) is 79.7 Å². The van der Waals surface area contributed by atoms with Gasteiger partial charge in [-0.3, -0.25) is 9.59 Å². The molecule has 0 amide bonds. The minimum atomic E-state index is -4.25. The summed E-state index contributed by atoms with van der Waals surface area (Å²) in [5.41, 5.74) is 3.42. The van der Waals surface area contributed by atoms with Crippen LogP contribution in [0.4, 0.5) is 0 Å². The summed E-state index contributed by atoms with van der Waals surface area (Å²) in [7, 11) is -4.25. The van der Waals surface area contributed by atoms with Crippen LogP contribution in [0.2, 0.25) is 0 Å². The number of sulfone groups is 1. The van der Waals surface area contributed by atoms with Crippen molar-refractivity contribution < 1.29 is 18.0 Å². The van der Waals surface area contributed by atoms with Gasteiger partial charge < -0.3 is 0 Å². The number of benzene rings is 5. The molecule has 0 aliphatic carbocycles. The number of hydrogen-bond donors (Lipinski definition) is 0. The van der Waals surface area contributed by atoms with E-state index in [0.29, 0.717) is 5.56 Å². The average Bonchev–Trinajstić information content (AvgIpc) is 3.02. The molecule has 5 rings (SSSR count). The minimum Gasteiger partial charge on any atom is -0.294 e. The van der Waals surface area contributed by atoms with Crippen LogP contribution in [0.15, 0.2) is 148 Å². The summed E-state index contributed by atoms with van der Waals surface area (Å²) >= 11 is 1.54. The third kappa shape index (κ3) is 6.15. The van der Waals surface area contributed by atoms with Gasteiger partial charge in [-0.15, -0.1) is 0 Å². The van der Waals surface area contributed by atoms with Crippen molar-refractivity contribution in [2.75, 3.05) is 0 Å². The molecule has 210 valence electrons. The lowest BCUT2D eigenvalue weighted by molar-refractivity contribution is 0.0879. The Kier molecular flexibility index (Phi) is 8.57. The van der Waals surface area contributed by atoms with Crippen LogP contribution in [-0.4, -0.2) is 24.7 Å². The summed E-state index contributed by atoms with van der Waals surface area (Å²) in [4.78, 5) is 29.7. The minimum absolute atomic E-state index is 0.00688. The molecular weight excluding hydrogens is 561 g/mol. The Morgan fingerprint density at radius 1 is 0.619 bits per heavy atom. The van der Waals surface area contributed by atoms with Crippen LogP contribution in [-0.2, 0) is 9.84 Å². The summed E-state index contributed by atoms with van der Waals surface area (Å²) in [5, 5.41) is 0. The zero-order chi connectivity index (χ0) is 29.7. The number of Topliss-reactive ketones (excluding diaryl/α,β-unsaturated/α-hetero) is 2. The Balaban J connectivity index is 1.47. The molecule has 0 heterocycles. The molecule has 0 aliphatic rings. The molecule has 6 heteroatoms. The molecule has 42 heavy (non-hydrogen) atoms. The molecule has 0 aliphatic heterocycles. The van der Waals surface area contributed by atoms with Crippen LogP contribution in [0.5, 0.6) is 0 Å². The van der Waals surface area contributed by atoms with Crippen LogP contribution >= 0.6 is 11.8 Å². The Labute approximate surface area is 251 Å². The van der Waals surface area contributed by atoms with E-state index in [4.69, 9.17) is 0 Å². The van der Waals surface area contributed by atoms with Gasteiger partial charge in [0.2, 0.25) is 0 Å². The highest BCUT2D eigenvalue weighted by atomic mass is 32.2. The van der Waals surface area contributed by atoms with Crippen molar-refractivity contribution in [3.8, 4) is 11.1 Å². The quantitative estimate of drug-likeness (QED) is 0.153. The number of rotatable bonds is 10. The van der Waals surface area contributed by atoms with Gasteiger partial charge >= 0.3 is 0 Å². The monoisotopic (exact) mass is 590 g/mol. The summed E-state index contributed by atoms with van der Waals surface area (Å²) in [6.45, 7) is 3.23. The molecule has 0 radical (unpaired) electrons. The molecule has 0 spiro atoms. The van der Waals surface area contributed by atoms with Gasteiger partial charge in [0.15, 0.2) is 21.4 Å². The predicted octanol–water partition coefficient (Wildman–Crippen LogP) is 8.50. The zero-order valence-corrected chi connectivity index (χ0v) is 25.0. The van der Waals surface area contributed by atoms with Gasteiger partial charge in [0.05, 0.1) is 4.90 Å². The number of hydrogen-bond acceptors (Lipinski definition) is 5. The van der Waals surface area contributed by atoms with E-state index in [-0.39, 0.29) is 10.5 Å². The highest BCUT2D eigenvalue weighted by Gasteiger charge is 2.48. The van der Waals surface area contributed by atoms with Gasteiger partial charge in [0, 0.05) is 27.3 Å². The molecule has 1 unspecified atom stereocenters. The first-order chi connectivity index (χ1) is 20.2. The largest absolute Gasteiger partial charge is 0.294 e. The fourth-order valence-electron chi connectivity index (χ4n) is 4.77. The van der Waals surface area contributed by atoms with Gasteiger partial charge in [-0.2, -0.15) is 0 Å². The van der Waals surface area contributed by atoms with Crippen LogP contribution in [0, 0.1) is 6.92 Å². The number of aryl methyl sites for hydroxylation is 1. The highest BCUT2D eigenvalue weighted by Crippen LogP contribution is 2.35. The van der Waals surface area contributed by atoms with Crippen molar-refractivity contribution >= 4 is 33.2 Å². The highest BCUT2D eigenvalue weighted by molar-refractivity contribution is 7.99. The van der Waals surface area contributed by atoms with Gasteiger partial charge in [0.1, 0.15) is 4.75 Å². The van der Waals surface area contributed by atoms with Crippen molar-refractivity contribution in [2.24, 2.45) is 0 Å². The topological polar surface area (TPSA) is 68.3 Å². The molecule has 0 aromatic heterocycles. The van der Waals surface area contributed by atoms with Gasteiger partial charge in [0.25, 0.3) is 0 Å². The van der Waals surface area contributed by atoms with Crippen molar-refractivity contribution in [1.82, 2.24) is 0 Å². The molecule has 0 fully saturated rings. The molecule has 0 N–H and O–H groups in total. The smallest absolute Gasteiger partial charge is 0.191 e. The molecule has 0 saturated carbocycles. The summed E-state index contributed by atoms with van der Waals surface area (Å²) in [6.07, 6.45) is -0.493. The van der Waals surface area contributed by atoms with E-state index >= 15 is 0 Å². The molecule has 5 aromatic carbocycles. The molecule has 0 bridgehead atoms. The fraction of sp³-hybridized carbons (Fsp3) is 0.111. The fourth-order valence-corrected chi connectivity index (χ4v) is 7.30. The standard InChI is InChI=1S/C36H30O4S2/c1-26-13-23-33(24-14-26)42(39,40)36(2,25-34(37)29-17-15-28(16-18-29)27-9-5-3-6-10-27)35(38)30-19-21-32(22-20-30)41-31-11-7-4-8-12-31/h3-24H,25H2,1-2H3. The lowest BCUT2D eigenvalue weighted by atomic mass is 9.91. The third-order valence-corrected chi connectivity index (χ3v) is 10.7. The van der Waals surface area contributed by atoms with E-state index in [0.717, 1.165) is 26.5 Å². The van der Waals surface area contributed by atoms with Crippen molar-refractivity contribution in [2.45, 2.75) is 39.7 Å². The SMILES string of the molecule is Cc1ccc(S(=O)(=O)C(C)(CC(=O)c2ccc(-c3ccccc3)cc2)C(=O)c2ccc(Sc3ccccc3)cc2)cc1. The first-order valence-electron chi connectivity index (χ1n) is 13.6. The molecule has 5 aromatic rings. The first kappa shape index (κ1) is 29.2. The van der Waals surface area contributed by atoms with E-state index in [2.05, 4.69) is 0 Å². The Morgan fingerprint density at radius 3 is 1.71 bits per heavy atom. The molecule has 0 saturated heterocycles. The predicted molar refractivity (Wildman–Crippen MR) is 169 cm³/mol. The maximum Gasteiger partial charge on any atom is 0.191 e. The van der Waals surface area contributed by atoms with Crippen LogP contribution in [0.3, 0.4) is 0 Å². The van der Waals surface area contributed by atoms with E-state index in [1.54, 1.807) is 60.3 Å². The Hall–Kier alpha value is -4.26. The summed E-state index contributed by atoms with van der Waals surface area (Å²) < 4.78 is 26.2. The zero-order valence-electron chi connectivity index (χ0n) is 23.4. The lowest BCUT2D eigenvalue weighted by Crippen LogP contribution is -2.45. The second-order valence-electron chi connectivity index (χ2n) is 10.4. The number of ketones is 2. The van der Waals surface area contributed by atoms with Crippen molar-refractivity contribution in [3.63, 3.8) is 0 Å². The van der Waals surface area contributed by atoms with Crippen LogP contribution in [0.25, 0.3) is 11.1 Å². The third-order valence-electron chi connectivity index (χ3n) is 7.31. The van der Waals surface area contributed by atoms with E-state index in [1.165, 1.54) is 19.1 Å². The molecule has 4 nitrogen and oxygen atoms in total. The number of carbonyl (C=O) groups is 2. The van der Waals surface area contributed by atoms with Crippen molar-refractivity contribution in [1.29, 1.82) is 0 Å². The average molecular weight is 591 g/mol. The maximum atomic E-state index is 14.1. The summed E-state index contributed by atoms with van der Waals surface area (Å²) in [6, 6.07) is 39.9. The lowest BCUT2D eigenvalue weighted by Gasteiger charge is -2.28. The second kappa shape index (κ2) is 12.3. The second-order valence-corrected chi connectivity index (χ2v) is 13.9. The van der Waals surface area contributed by atoms with E-state index < -0.39 is 32.6 Å². The Bertz CT molecular complexity index is 1800. The van der Waals surface area contributed by atoms with Gasteiger partial charge in [-0.25, -0.2) is 8.42 Å².